The van der Waals surface area contributed by atoms with Crippen LogP contribution in [0.25, 0.3) is 15.5 Å². The Morgan fingerprint density at radius 2 is 2.13 bits per heavy atom. The minimum atomic E-state index is 0.516. The summed E-state index contributed by atoms with van der Waals surface area (Å²) in [6, 6.07) is 5.49. The van der Waals surface area contributed by atoms with Crippen LogP contribution in [0.3, 0.4) is 0 Å². The maximum Gasteiger partial charge on any atom is 0.235 e. The fraction of sp³-hybridized carbons (Fsp3) is 0.231. The number of aliphatic imine (C=N–C) groups is 1. The van der Waals surface area contributed by atoms with E-state index in [2.05, 4.69) is 20.3 Å². The van der Waals surface area contributed by atoms with Crippen LogP contribution in [0.5, 0.6) is 0 Å². The normalized spacial score (nSPS) is 14.6. The van der Waals surface area contributed by atoms with Gasteiger partial charge < -0.3 is 0 Å². The monoisotopic (exact) mass is 401 g/mol. The molecule has 3 aromatic rings. The molecule has 0 fully saturated rings. The highest BCUT2D eigenvalue weighted by Crippen LogP contribution is 2.31. The van der Waals surface area contributed by atoms with Crippen LogP contribution in [0.4, 0.5) is 0 Å². The second kappa shape index (κ2) is 6.60. The molecular weight excluding hydrogens is 393 g/mol. The molecule has 5 nitrogen and oxygen atoms in total. The van der Waals surface area contributed by atoms with Gasteiger partial charge in [-0.15, -0.1) is 10.2 Å². The third kappa shape index (κ3) is 3.23. The molecular formula is C13H9Cl2N5S3. The molecule has 0 spiro atoms. The van der Waals surface area contributed by atoms with Crippen molar-refractivity contribution in [1.29, 1.82) is 0 Å². The zero-order valence-electron chi connectivity index (χ0n) is 11.6. The Hall–Kier alpha value is -0.800. The summed E-state index contributed by atoms with van der Waals surface area (Å²) in [6.45, 7) is 0.903. The zero-order valence-corrected chi connectivity index (χ0v) is 15.5. The predicted octanol–water partition coefficient (Wildman–Crippen LogP) is 4.50. The van der Waals surface area contributed by atoms with Crippen molar-refractivity contribution in [2.45, 2.75) is 5.75 Å². The SMILES string of the molecule is Clc1ccc(-c2nn3c(CSC4=NCCS4)nnc3s2)cc1Cl. The smallest absolute Gasteiger partial charge is 0.235 e. The molecule has 0 aliphatic carbocycles. The molecule has 0 saturated carbocycles. The molecule has 118 valence electrons. The molecule has 0 unspecified atom stereocenters. The minimum Gasteiger partial charge on any atom is -0.271 e. The molecule has 10 heteroatoms. The van der Waals surface area contributed by atoms with Crippen molar-refractivity contribution >= 4 is 67.4 Å². The van der Waals surface area contributed by atoms with Crippen LogP contribution in [0.2, 0.25) is 10.0 Å². The minimum absolute atomic E-state index is 0.516. The van der Waals surface area contributed by atoms with E-state index in [0.717, 1.165) is 38.0 Å². The number of aromatic nitrogens is 4. The van der Waals surface area contributed by atoms with Crippen molar-refractivity contribution < 1.29 is 0 Å². The number of hydrogen-bond donors (Lipinski definition) is 0. The highest BCUT2D eigenvalue weighted by molar-refractivity contribution is 8.38. The molecule has 0 amide bonds. The number of rotatable bonds is 3. The number of halogens is 2. The summed E-state index contributed by atoms with van der Waals surface area (Å²) in [5, 5.41) is 14.9. The first kappa shape index (κ1) is 15.7. The van der Waals surface area contributed by atoms with Gasteiger partial charge in [-0.05, 0) is 12.1 Å². The van der Waals surface area contributed by atoms with Gasteiger partial charge in [0, 0.05) is 11.3 Å². The van der Waals surface area contributed by atoms with E-state index < -0.39 is 0 Å². The second-order valence-corrected chi connectivity index (χ2v) is 8.71. The Labute approximate surface area is 154 Å². The van der Waals surface area contributed by atoms with Gasteiger partial charge in [-0.3, -0.25) is 4.99 Å². The van der Waals surface area contributed by atoms with Crippen LogP contribution in [0.1, 0.15) is 5.82 Å². The molecule has 1 aromatic carbocycles. The molecule has 0 radical (unpaired) electrons. The fourth-order valence-electron chi connectivity index (χ4n) is 2.02. The first-order chi connectivity index (χ1) is 11.2. The van der Waals surface area contributed by atoms with Crippen LogP contribution < -0.4 is 0 Å². The van der Waals surface area contributed by atoms with Crippen LogP contribution >= 0.6 is 58.1 Å². The lowest BCUT2D eigenvalue weighted by Crippen LogP contribution is -1.95. The third-order valence-corrected chi connectivity index (χ3v) is 7.04. The summed E-state index contributed by atoms with van der Waals surface area (Å²) in [6.07, 6.45) is 0. The van der Waals surface area contributed by atoms with Gasteiger partial charge in [0.25, 0.3) is 0 Å². The first-order valence-electron chi connectivity index (χ1n) is 6.67. The standard InChI is InChI=1S/C13H9Cl2N5S3/c14-8-2-1-7(5-9(8)15)11-19-20-10(17-18-12(20)23-11)6-22-13-16-3-4-21-13/h1-2,5H,3-4,6H2. The number of hydrogen-bond acceptors (Lipinski definition) is 7. The van der Waals surface area contributed by atoms with Crippen molar-refractivity contribution in [3.8, 4) is 10.6 Å². The average Bonchev–Trinajstić information content (AvgIpc) is 3.24. The molecule has 0 saturated heterocycles. The predicted molar refractivity (Wildman–Crippen MR) is 100 cm³/mol. The Morgan fingerprint density at radius 3 is 2.91 bits per heavy atom. The summed E-state index contributed by atoms with van der Waals surface area (Å²) >= 11 is 17.0. The van der Waals surface area contributed by atoms with Gasteiger partial charge in [0.1, 0.15) is 9.38 Å². The van der Waals surface area contributed by atoms with Gasteiger partial charge >= 0.3 is 0 Å². The van der Waals surface area contributed by atoms with E-state index in [0.29, 0.717) is 15.8 Å². The highest BCUT2D eigenvalue weighted by atomic mass is 35.5. The van der Waals surface area contributed by atoms with Gasteiger partial charge in [0.2, 0.25) is 4.96 Å². The van der Waals surface area contributed by atoms with Crippen molar-refractivity contribution in [1.82, 2.24) is 19.8 Å². The summed E-state index contributed by atoms with van der Waals surface area (Å²) in [7, 11) is 0. The fourth-order valence-corrected chi connectivity index (χ4v) is 5.09. The van der Waals surface area contributed by atoms with Crippen LogP contribution in [-0.4, -0.2) is 36.5 Å². The largest absolute Gasteiger partial charge is 0.271 e. The lowest BCUT2D eigenvalue weighted by molar-refractivity contribution is 0.888. The Bertz CT molecular complexity index is 904. The van der Waals surface area contributed by atoms with Gasteiger partial charge in [-0.1, -0.05) is 64.1 Å². The molecule has 0 atom stereocenters. The molecule has 3 heterocycles. The van der Waals surface area contributed by atoms with Gasteiger partial charge in [0.05, 0.1) is 22.3 Å². The topological polar surface area (TPSA) is 55.4 Å². The Morgan fingerprint density at radius 1 is 1.22 bits per heavy atom. The van der Waals surface area contributed by atoms with E-state index in [-0.39, 0.29) is 0 Å². The van der Waals surface area contributed by atoms with Crippen molar-refractivity contribution in [3.63, 3.8) is 0 Å². The lowest BCUT2D eigenvalue weighted by atomic mass is 10.2. The van der Waals surface area contributed by atoms with E-state index in [1.54, 1.807) is 34.1 Å². The summed E-state index contributed by atoms with van der Waals surface area (Å²) < 4.78 is 2.90. The number of nitrogens with zero attached hydrogens (tertiary/aromatic N) is 5. The molecule has 23 heavy (non-hydrogen) atoms. The quantitative estimate of drug-likeness (QED) is 0.646. The van der Waals surface area contributed by atoms with Crippen LogP contribution in [0.15, 0.2) is 23.2 Å². The summed E-state index contributed by atoms with van der Waals surface area (Å²) in [5.74, 6) is 2.59. The van der Waals surface area contributed by atoms with E-state index in [4.69, 9.17) is 23.2 Å². The summed E-state index contributed by atoms with van der Waals surface area (Å²) in [4.78, 5) is 5.19. The molecule has 0 bridgehead atoms. The van der Waals surface area contributed by atoms with Gasteiger partial charge in [-0.25, -0.2) is 0 Å². The number of benzene rings is 1. The average molecular weight is 402 g/mol. The Kier molecular flexibility index (Phi) is 4.51. The van der Waals surface area contributed by atoms with E-state index >= 15 is 0 Å². The lowest BCUT2D eigenvalue weighted by Gasteiger charge is -1.99. The molecule has 2 aromatic heterocycles. The molecule has 0 N–H and O–H groups in total. The third-order valence-electron chi connectivity index (χ3n) is 3.10. The van der Waals surface area contributed by atoms with E-state index in [1.807, 2.05) is 12.1 Å². The van der Waals surface area contributed by atoms with Gasteiger partial charge in [-0.2, -0.15) is 9.61 Å². The second-order valence-electron chi connectivity index (χ2n) is 4.63. The maximum absolute atomic E-state index is 6.08. The molecule has 1 aliphatic rings. The van der Waals surface area contributed by atoms with Crippen molar-refractivity contribution in [3.05, 3.63) is 34.1 Å². The van der Waals surface area contributed by atoms with Crippen LogP contribution in [-0.2, 0) is 5.75 Å². The molecule has 4 rings (SSSR count). The zero-order chi connectivity index (χ0) is 15.8. The van der Waals surface area contributed by atoms with Crippen molar-refractivity contribution in [2.75, 3.05) is 12.3 Å². The first-order valence-corrected chi connectivity index (χ1v) is 10.2. The molecule has 1 aliphatic heterocycles. The summed E-state index contributed by atoms with van der Waals surface area (Å²) in [5.41, 5.74) is 0.921. The highest BCUT2D eigenvalue weighted by Gasteiger charge is 2.15. The van der Waals surface area contributed by atoms with E-state index in [1.165, 1.54) is 11.3 Å². The number of fused-ring (bicyclic) bond motifs is 1. The van der Waals surface area contributed by atoms with Gasteiger partial charge in [0.15, 0.2) is 5.82 Å². The Balaban J connectivity index is 1.61. The number of thioether (sulfide) groups is 2. The van der Waals surface area contributed by atoms with E-state index in [9.17, 15) is 0 Å². The van der Waals surface area contributed by atoms with Crippen LogP contribution in [0, 0.1) is 0 Å². The maximum atomic E-state index is 6.08. The van der Waals surface area contributed by atoms with Crippen molar-refractivity contribution in [2.24, 2.45) is 4.99 Å².